The van der Waals surface area contributed by atoms with Gasteiger partial charge < -0.3 is 0 Å². The van der Waals surface area contributed by atoms with Crippen molar-refractivity contribution in [2.45, 2.75) is 169 Å². The SMILES string of the molecule is CC(C)CCC(CC(CC(CC(CC(CC(CC(C)C(C)C)C(C)C)C(C)C)C(C)C)C(C)C)C(C)C)C(C)C. The van der Waals surface area contributed by atoms with Gasteiger partial charge in [-0.25, -0.2) is 0 Å². The van der Waals surface area contributed by atoms with Crippen LogP contribution in [0.4, 0.5) is 0 Å². The number of hydrogen-bond acceptors (Lipinski definition) is 0. The Morgan fingerprint density at radius 2 is 0.500 bits per heavy atom. The molecule has 0 heterocycles. The van der Waals surface area contributed by atoms with Gasteiger partial charge in [0.25, 0.3) is 0 Å². The van der Waals surface area contributed by atoms with E-state index in [1.165, 1.54) is 51.4 Å². The van der Waals surface area contributed by atoms with Crippen molar-refractivity contribution in [2.75, 3.05) is 0 Å². The molecule has 0 aliphatic rings. The first kappa shape index (κ1) is 40.0. The topological polar surface area (TPSA) is 0 Å². The molecule has 0 saturated heterocycles. The van der Waals surface area contributed by atoms with Crippen LogP contribution in [-0.2, 0) is 0 Å². The lowest BCUT2D eigenvalue weighted by atomic mass is 9.68. The molecule has 0 fully saturated rings. The molecule has 0 nitrogen and oxygen atoms in total. The standard InChI is InChI=1S/C40H82/c1-26(2)18-19-35(28(5)6)21-37(30(9)10)23-39(32(13)14)25-40(33(15)16)24-38(31(11)12)22-36(29(7)8)20-34(17)27(3)4/h26-40H,18-25H2,1-17H3. The molecule has 0 spiro atoms. The van der Waals surface area contributed by atoms with Gasteiger partial charge in [-0.2, -0.15) is 0 Å². The Morgan fingerprint density at radius 1 is 0.250 bits per heavy atom. The van der Waals surface area contributed by atoms with Crippen LogP contribution in [0.3, 0.4) is 0 Å². The molecule has 0 bridgehead atoms. The van der Waals surface area contributed by atoms with E-state index in [4.69, 9.17) is 0 Å². The van der Waals surface area contributed by atoms with Gasteiger partial charge in [-0.3, -0.25) is 0 Å². The highest BCUT2D eigenvalue weighted by Crippen LogP contribution is 2.42. The summed E-state index contributed by atoms with van der Waals surface area (Å²) in [5.74, 6) is 12.4. The average molecular weight is 563 g/mol. The van der Waals surface area contributed by atoms with Crippen LogP contribution in [0, 0.1) is 88.8 Å². The van der Waals surface area contributed by atoms with Gasteiger partial charge in [0.15, 0.2) is 0 Å². The van der Waals surface area contributed by atoms with E-state index in [1.807, 2.05) is 0 Å². The molecule has 0 radical (unpaired) electrons. The summed E-state index contributed by atoms with van der Waals surface area (Å²) in [6, 6.07) is 0. The van der Waals surface area contributed by atoms with E-state index >= 15 is 0 Å². The van der Waals surface area contributed by atoms with Crippen LogP contribution < -0.4 is 0 Å². The van der Waals surface area contributed by atoms with Crippen LogP contribution in [0.25, 0.3) is 0 Å². The van der Waals surface area contributed by atoms with E-state index in [0.717, 1.165) is 88.8 Å². The Bertz CT molecular complexity index is 591. The second-order valence-corrected chi connectivity index (χ2v) is 17.6. The molecule has 0 aromatic carbocycles. The summed E-state index contributed by atoms with van der Waals surface area (Å²) in [6.45, 7) is 42.2. The molecule has 0 saturated carbocycles. The minimum Gasteiger partial charge on any atom is -0.0628 e. The lowest BCUT2D eigenvalue weighted by Gasteiger charge is -2.38. The highest BCUT2D eigenvalue weighted by molar-refractivity contribution is 4.82. The fourth-order valence-corrected chi connectivity index (χ4v) is 7.17. The van der Waals surface area contributed by atoms with Gasteiger partial charge in [0.05, 0.1) is 0 Å². The summed E-state index contributed by atoms with van der Waals surface area (Å²) < 4.78 is 0. The van der Waals surface area contributed by atoms with Crippen LogP contribution in [0.5, 0.6) is 0 Å². The zero-order valence-electron chi connectivity index (χ0n) is 31.3. The highest BCUT2D eigenvalue weighted by Gasteiger charge is 2.31. The molecule has 0 aromatic rings. The van der Waals surface area contributed by atoms with Crippen molar-refractivity contribution in [2.24, 2.45) is 88.8 Å². The molecule has 0 amide bonds. The molecule has 0 aliphatic carbocycles. The molecule has 0 aromatic heterocycles. The predicted molar refractivity (Wildman–Crippen MR) is 186 cm³/mol. The maximum atomic E-state index is 2.53. The van der Waals surface area contributed by atoms with Crippen molar-refractivity contribution in [1.29, 1.82) is 0 Å². The van der Waals surface area contributed by atoms with Crippen LogP contribution in [-0.4, -0.2) is 0 Å². The maximum Gasteiger partial charge on any atom is -0.0386 e. The largest absolute Gasteiger partial charge is 0.0628 e. The Morgan fingerprint density at radius 3 is 0.725 bits per heavy atom. The van der Waals surface area contributed by atoms with E-state index < -0.39 is 0 Å². The molecule has 0 heteroatoms. The van der Waals surface area contributed by atoms with Crippen molar-refractivity contribution in [1.82, 2.24) is 0 Å². The van der Waals surface area contributed by atoms with Gasteiger partial charge in [-0.1, -0.05) is 124 Å². The first-order valence-electron chi connectivity index (χ1n) is 18.4. The molecular weight excluding hydrogens is 480 g/mol. The third-order valence-electron chi connectivity index (χ3n) is 11.6. The third kappa shape index (κ3) is 16.0. The van der Waals surface area contributed by atoms with E-state index in [-0.39, 0.29) is 0 Å². The van der Waals surface area contributed by atoms with Gasteiger partial charge in [0, 0.05) is 0 Å². The van der Waals surface area contributed by atoms with Crippen LogP contribution in [0.2, 0.25) is 0 Å². The minimum absolute atomic E-state index is 0.779. The van der Waals surface area contributed by atoms with Crippen LogP contribution in [0.15, 0.2) is 0 Å². The van der Waals surface area contributed by atoms with Gasteiger partial charge in [0.1, 0.15) is 0 Å². The summed E-state index contributed by atoms with van der Waals surface area (Å²) in [5.41, 5.74) is 0. The summed E-state index contributed by atoms with van der Waals surface area (Å²) in [7, 11) is 0. The molecule has 0 N–H and O–H groups in total. The highest BCUT2D eigenvalue weighted by atomic mass is 14.4. The smallest absolute Gasteiger partial charge is 0.0386 e. The van der Waals surface area contributed by atoms with Crippen molar-refractivity contribution in [3.63, 3.8) is 0 Å². The second kappa shape index (κ2) is 20.0. The molecule has 7 atom stereocenters. The van der Waals surface area contributed by atoms with E-state index in [9.17, 15) is 0 Å². The van der Waals surface area contributed by atoms with Crippen molar-refractivity contribution in [3.8, 4) is 0 Å². The number of rotatable bonds is 22. The lowest BCUT2D eigenvalue weighted by molar-refractivity contribution is 0.127. The van der Waals surface area contributed by atoms with Gasteiger partial charge in [-0.05, 0) is 134 Å². The zero-order valence-corrected chi connectivity index (χ0v) is 31.3. The fourth-order valence-electron chi connectivity index (χ4n) is 7.17. The average Bonchev–Trinajstić information content (AvgIpc) is 2.81. The van der Waals surface area contributed by atoms with Gasteiger partial charge >= 0.3 is 0 Å². The summed E-state index contributed by atoms with van der Waals surface area (Å²) in [6.07, 6.45) is 11.4. The second-order valence-electron chi connectivity index (χ2n) is 17.6. The first-order chi connectivity index (χ1) is 18.4. The van der Waals surface area contributed by atoms with Crippen molar-refractivity contribution < 1.29 is 0 Å². The summed E-state index contributed by atoms with van der Waals surface area (Å²) in [5, 5.41) is 0. The van der Waals surface area contributed by atoms with E-state index in [0.29, 0.717) is 0 Å². The fraction of sp³-hybridized carbons (Fsp3) is 1.00. The Balaban J connectivity index is 5.74. The molecule has 0 aliphatic heterocycles. The minimum atomic E-state index is 0.779. The summed E-state index contributed by atoms with van der Waals surface area (Å²) >= 11 is 0. The molecular formula is C40H82. The van der Waals surface area contributed by atoms with Crippen molar-refractivity contribution in [3.05, 3.63) is 0 Å². The van der Waals surface area contributed by atoms with Crippen LogP contribution >= 0.6 is 0 Å². The Hall–Kier alpha value is 0. The van der Waals surface area contributed by atoms with Crippen molar-refractivity contribution >= 4 is 0 Å². The first-order valence-corrected chi connectivity index (χ1v) is 18.4. The van der Waals surface area contributed by atoms with E-state index in [1.54, 1.807) is 0 Å². The number of hydrogen-bond donors (Lipinski definition) is 0. The van der Waals surface area contributed by atoms with Gasteiger partial charge in [0.2, 0.25) is 0 Å². The van der Waals surface area contributed by atoms with Crippen LogP contribution in [0.1, 0.15) is 169 Å². The lowest BCUT2D eigenvalue weighted by Crippen LogP contribution is -2.28. The molecule has 0 rings (SSSR count). The zero-order chi connectivity index (χ0) is 31.3. The quantitative estimate of drug-likeness (QED) is 0.123. The van der Waals surface area contributed by atoms with Gasteiger partial charge in [-0.15, -0.1) is 0 Å². The molecule has 7 unspecified atom stereocenters. The van der Waals surface area contributed by atoms with E-state index in [2.05, 4.69) is 118 Å². The monoisotopic (exact) mass is 563 g/mol. The molecule has 40 heavy (non-hydrogen) atoms. The Kier molecular flexibility index (Phi) is 20.0. The predicted octanol–water partition coefficient (Wildman–Crippen LogP) is 13.7. The normalized spacial score (nSPS) is 18.5. The third-order valence-corrected chi connectivity index (χ3v) is 11.6. The Labute approximate surface area is 257 Å². The molecule has 242 valence electrons. The maximum absolute atomic E-state index is 2.53. The summed E-state index contributed by atoms with van der Waals surface area (Å²) in [4.78, 5) is 0.